The Hall–Kier alpha value is -1.94. The maximum atomic E-state index is 4.68. The molecule has 4 nitrogen and oxygen atoms in total. The molecule has 24 heavy (non-hydrogen) atoms. The zero-order chi connectivity index (χ0) is 16.4. The third kappa shape index (κ3) is 3.16. The Morgan fingerprint density at radius 2 is 1.88 bits per heavy atom. The summed E-state index contributed by atoms with van der Waals surface area (Å²) in [5.41, 5.74) is 4.07. The standard InChI is InChI=1S/C20H26N4/c1-16-21-11-10-18(22-16)20-9-6-14-24(20)15-17-7-2-3-8-19(17)23-12-4-5-13-23/h2-3,7-8,10-11,20H,4-6,9,12-15H2,1H3/t20-/m0/s1. The van der Waals surface area contributed by atoms with Crippen molar-refractivity contribution >= 4 is 5.69 Å². The molecule has 0 N–H and O–H groups in total. The minimum atomic E-state index is 0.429. The lowest BCUT2D eigenvalue weighted by Crippen LogP contribution is -2.26. The Balaban J connectivity index is 1.56. The van der Waals surface area contributed by atoms with E-state index in [1.165, 1.54) is 55.7 Å². The summed E-state index contributed by atoms with van der Waals surface area (Å²) in [6.45, 7) is 6.55. The minimum Gasteiger partial charge on any atom is -0.371 e. The molecule has 0 unspecified atom stereocenters. The van der Waals surface area contributed by atoms with Crippen molar-refractivity contribution in [1.29, 1.82) is 0 Å². The summed E-state index contributed by atoms with van der Waals surface area (Å²) in [6.07, 6.45) is 6.98. The first-order valence-corrected chi connectivity index (χ1v) is 9.18. The second kappa shape index (κ2) is 6.89. The highest BCUT2D eigenvalue weighted by Crippen LogP contribution is 2.34. The van der Waals surface area contributed by atoms with Crippen LogP contribution in [0.2, 0.25) is 0 Å². The average Bonchev–Trinajstić information content (AvgIpc) is 3.27. The molecule has 2 saturated heterocycles. The molecule has 0 spiro atoms. The molecule has 4 rings (SSSR count). The summed E-state index contributed by atoms with van der Waals surface area (Å²) in [7, 11) is 0. The molecule has 1 aromatic heterocycles. The largest absolute Gasteiger partial charge is 0.371 e. The fourth-order valence-corrected chi connectivity index (χ4v) is 4.14. The van der Waals surface area contributed by atoms with E-state index in [4.69, 9.17) is 0 Å². The van der Waals surface area contributed by atoms with Crippen LogP contribution in [-0.4, -0.2) is 34.5 Å². The van der Waals surface area contributed by atoms with Crippen LogP contribution in [0, 0.1) is 6.92 Å². The summed E-state index contributed by atoms with van der Waals surface area (Å²) in [4.78, 5) is 14.1. The Kier molecular flexibility index (Phi) is 4.48. The molecule has 126 valence electrons. The number of hydrogen-bond acceptors (Lipinski definition) is 4. The fraction of sp³-hybridized carbons (Fsp3) is 0.500. The van der Waals surface area contributed by atoms with Gasteiger partial charge in [0.25, 0.3) is 0 Å². The van der Waals surface area contributed by atoms with Gasteiger partial charge in [0.2, 0.25) is 0 Å². The van der Waals surface area contributed by atoms with Crippen LogP contribution < -0.4 is 4.90 Å². The predicted molar refractivity (Wildman–Crippen MR) is 97.0 cm³/mol. The average molecular weight is 322 g/mol. The molecule has 3 heterocycles. The summed E-state index contributed by atoms with van der Waals surface area (Å²) >= 11 is 0. The van der Waals surface area contributed by atoms with E-state index >= 15 is 0 Å². The lowest BCUT2D eigenvalue weighted by molar-refractivity contribution is 0.244. The van der Waals surface area contributed by atoms with E-state index in [9.17, 15) is 0 Å². The smallest absolute Gasteiger partial charge is 0.125 e. The van der Waals surface area contributed by atoms with Crippen LogP contribution in [0.1, 0.15) is 48.8 Å². The molecule has 0 bridgehead atoms. The van der Waals surface area contributed by atoms with Crippen molar-refractivity contribution in [2.45, 2.75) is 45.2 Å². The van der Waals surface area contributed by atoms with Gasteiger partial charge in [-0.2, -0.15) is 0 Å². The molecular weight excluding hydrogens is 296 g/mol. The van der Waals surface area contributed by atoms with Crippen molar-refractivity contribution in [3.63, 3.8) is 0 Å². The Labute approximate surface area is 144 Å². The summed E-state index contributed by atoms with van der Waals surface area (Å²) in [5.74, 6) is 0.872. The van der Waals surface area contributed by atoms with E-state index in [1.54, 1.807) is 0 Å². The Bertz CT molecular complexity index is 694. The lowest BCUT2D eigenvalue weighted by atomic mass is 10.1. The number of rotatable bonds is 4. The Morgan fingerprint density at radius 3 is 2.71 bits per heavy atom. The Morgan fingerprint density at radius 1 is 1.04 bits per heavy atom. The molecule has 1 aromatic carbocycles. The monoisotopic (exact) mass is 322 g/mol. The van der Waals surface area contributed by atoms with Gasteiger partial charge >= 0.3 is 0 Å². The van der Waals surface area contributed by atoms with Crippen LogP contribution in [0.4, 0.5) is 5.69 Å². The van der Waals surface area contributed by atoms with Crippen molar-refractivity contribution in [1.82, 2.24) is 14.9 Å². The van der Waals surface area contributed by atoms with Gasteiger partial charge in [-0.3, -0.25) is 4.90 Å². The zero-order valence-corrected chi connectivity index (χ0v) is 14.5. The van der Waals surface area contributed by atoms with Crippen LogP contribution in [0.3, 0.4) is 0 Å². The highest BCUT2D eigenvalue weighted by atomic mass is 15.2. The van der Waals surface area contributed by atoms with Gasteiger partial charge in [-0.05, 0) is 56.8 Å². The van der Waals surface area contributed by atoms with Crippen LogP contribution >= 0.6 is 0 Å². The molecule has 0 amide bonds. The first-order chi connectivity index (χ1) is 11.8. The van der Waals surface area contributed by atoms with Crippen molar-refractivity contribution in [2.24, 2.45) is 0 Å². The van der Waals surface area contributed by atoms with Crippen molar-refractivity contribution in [3.05, 3.63) is 53.6 Å². The normalized spacial score (nSPS) is 21.5. The van der Waals surface area contributed by atoms with E-state index in [1.807, 2.05) is 13.1 Å². The maximum absolute atomic E-state index is 4.68. The zero-order valence-electron chi connectivity index (χ0n) is 14.5. The molecule has 0 aliphatic carbocycles. The lowest BCUT2D eigenvalue weighted by Gasteiger charge is -2.27. The number of aryl methyl sites for hydroxylation is 1. The quantitative estimate of drug-likeness (QED) is 0.859. The van der Waals surface area contributed by atoms with Crippen molar-refractivity contribution in [2.75, 3.05) is 24.5 Å². The second-order valence-electron chi connectivity index (χ2n) is 6.98. The van der Waals surface area contributed by atoms with Crippen LogP contribution in [-0.2, 0) is 6.54 Å². The van der Waals surface area contributed by atoms with E-state index in [2.05, 4.69) is 50.1 Å². The first kappa shape index (κ1) is 15.6. The van der Waals surface area contributed by atoms with E-state index in [0.29, 0.717) is 6.04 Å². The first-order valence-electron chi connectivity index (χ1n) is 9.18. The molecule has 4 heteroatoms. The van der Waals surface area contributed by atoms with Gasteiger partial charge in [-0.25, -0.2) is 9.97 Å². The van der Waals surface area contributed by atoms with Crippen molar-refractivity contribution < 1.29 is 0 Å². The third-order valence-corrected chi connectivity index (χ3v) is 5.31. The van der Waals surface area contributed by atoms with Gasteiger partial charge < -0.3 is 4.90 Å². The van der Waals surface area contributed by atoms with Gasteiger partial charge in [0, 0.05) is 31.5 Å². The van der Waals surface area contributed by atoms with Gasteiger partial charge in [-0.1, -0.05) is 18.2 Å². The number of likely N-dealkylation sites (tertiary alicyclic amines) is 1. The van der Waals surface area contributed by atoms with Crippen LogP contribution in [0.25, 0.3) is 0 Å². The van der Waals surface area contributed by atoms with Gasteiger partial charge in [0.15, 0.2) is 0 Å². The molecule has 1 atom stereocenters. The number of benzene rings is 1. The van der Waals surface area contributed by atoms with Crippen molar-refractivity contribution in [3.8, 4) is 0 Å². The van der Waals surface area contributed by atoms with E-state index < -0.39 is 0 Å². The van der Waals surface area contributed by atoms with Crippen LogP contribution in [0.15, 0.2) is 36.5 Å². The fourth-order valence-electron chi connectivity index (χ4n) is 4.14. The van der Waals surface area contributed by atoms with E-state index in [0.717, 1.165) is 18.9 Å². The SMILES string of the molecule is Cc1nccc([C@@H]2CCCN2Cc2ccccc2N2CCCC2)n1. The molecule has 0 radical (unpaired) electrons. The number of nitrogens with zero attached hydrogens (tertiary/aromatic N) is 4. The topological polar surface area (TPSA) is 32.3 Å². The number of anilines is 1. The number of aromatic nitrogens is 2. The number of hydrogen-bond donors (Lipinski definition) is 0. The molecule has 0 saturated carbocycles. The summed E-state index contributed by atoms with van der Waals surface area (Å²) in [6, 6.07) is 11.5. The predicted octanol–water partition coefficient (Wildman–Crippen LogP) is 3.72. The van der Waals surface area contributed by atoms with Gasteiger partial charge in [-0.15, -0.1) is 0 Å². The third-order valence-electron chi connectivity index (χ3n) is 5.31. The van der Waals surface area contributed by atoms with Gasteiger partial charge in [0.05, 0.1) is 11.7 Å². The molecule has 2 aliphatic rings. The summed E-state index contributed by atoms with van der Waals surface area (Å²) in [5, 5.41) is 0. The van der Waals surface area contributed by atoms with Gasteiger partial charge in [0.1, 0.15) is 5.82 Å². The minimum absolute atomic E-state index is 0.429. The second-order valence-corrected chi connectivity index (χ2v) is 6.98. The molecular formula is C20H26N4. The summed E-state index contributed by atoms with van der Waals surface area (Å²) < 4.78 is 0. The molecule has 2 aromatic rings. The highest BCUT2D eigenvalue weighted by molar-refractivity contribution is 5.54. The van der Waals surface area contributed by atoms with Crippen LogP contribution in [0.5, 0.6) is 0 Å². The number of para-hydroxylation sites is 1. The molecule has 2 fully saturated rings. The van der Waals surface area contributed by atoms with E-state index in [-0.39, 0.29) is 0 Å². The maximum Gasteiger partial charge on any atom is 0.125 e. The molecule has 2 aliphatic heterocycles. The highest BCUT2D eigenvalue weighted by Gasteiger charge is 2.28.